The molecule has 0 fully saturated rings. The molecule has 0 atom stereocenters. The maximum absolute atomic E-state index is 15.5. The van der Waals surface area contributed by atoms with Gasteiger partial charge in [-0.25, -0.2) is 0 Å². The molecule has 0 spiro atoms. The number of nitrogens with zero attached hydrogens (tertiary/aromatic N) is 4. The number of rotatable bonds is 35. The lowest BCUT2D eigenvalue weighted by Crippen LogP contribution is -2.44. The molecule has 0 radical (unpaired) electrons. The van der Waals surface area contributed by atoms with Crippen LogP contribution in [0.2, 0.25) is 0 Å². The number of thiophene rings is 2. The van der Waals surface area contributed by atoms with Gasteiger partial charge in [0.15, 0.2) is 0 Å². The zero-order valence-corrected chi connectivity index (χ0v) is 53.5. The van der Waals surface area contributed by atoms with Crippen LogP contribution in [-0.2, 0) is 5.41 Å². The largest absolute Gasteiger partial charge is 0.304 e. The Labute approximate surface area is 506 Å². The predicted molar refractivity (Wildman–Crippen MR) is 351 cm³/mol. The van der Waals surface area contributed by atoms with Gasteiger partial charge in [0.25, 0.3) is 23.6 Å². The van der Waals surface area contributed by atoms with Crippen molar-refractivity contribution in [1.82, 2.24) is 19.6 Å². The molecule has 9 rings (SSSR count). The van der Waals surface area contributed by atoms with Crippen molar-refractivity contribution < 1.29 is 19.2 Å². The Kier molecular flexibility index (Phi) is 21.9. The monoisotopic (exact) mass is 1160 g/mol. The lowest BCUT2D eigenvalue weighted by atomic mass is 9.70. The molecule has 1 aliphatic carbocycles. The van der Waals surface area contributed by atoms with E-state index in [9.17, 15) is 0 Å². The highest BCUT2D eigenvalue weighted by Crippen LogP contribution is 2.56. The number of unbranched alkanes of at least 4 members (excludes halogenated alkanes) is 16. The SMILES string of the molecule is CCCCCCCCN1C(=O)c2cc(-c3ccc(-c4ccc5c(c4)C(CCCCCCN(CC)CC)(CCCCCCN(CC)CC)c4cc(C)ccc4-5)s3)c3c4c(cc(-c5ccc(C)s5)c(c24)C1=O)C(=O)N(CCCCCCCC)C3=O. The van der Waals surface area contributed by atoms with E-state index in [2.05, 4.69) is 107 Å². The summed E-state index contributed by atoms with van der Waals surface area (Å²) in [7, 11) is 0. The number of hydrogen-bond acceptors (Lipinski definition) is 8. The summed E-state index contributed by atoms with van der Waals surface area (Å²) in [5.41, 5.74) is 11.0. The molecule has 0 unspecified atom stereocenters. The molecule has 4 amide bonds. The molecule has 2 aromatic heterocycles. The van der Waals surface area contributed by atoms with E-state index in [4.69, 9.17) is 0 Å². The van der Waals surface area contributed by atoms with Gasteiger partial charge in [0, 0.05) is 71.0 Å². The van der Waals surface area contributed by atoms with Crippen LogP contribution in [0.25, 0.3) is 53.2 Å². The first-order chi connectivity index (χ1) is 40.4. The van der Waals surface area contributed by atoms with Crippen molar-refractivity contribution in [3.63, 3.8) is 0 Å². The van der Waals surface area contributed by atoms with E-state index < -0.39 is 0 Å². The number of aryl methyl sites for hydroxylation is 2. The molecule has 8 nitrogen and oxygen atoms in total. The Hall–Kier alpha value is -5.26. The third kappa shape index (κ3) is 13.4. The molecular formula is C73H96N4O4S2. The molecule has 0 saturated heterocycles. The number of carbonyl (C=O) groups excluding carboxylic acids is 4. The number of carbonyl (C=O) groups is 4. The maximum Gasteiger partial charge on any atom is 0.262 e. The lowest BCUT2D eigenvalue weighted by Gasteiger charge is -2.34. The van der Waals surface area contributed by atoms with Gasteiger partial charge in [0.2, 0.25) is 0 Å². The van der Waals surface area contributed by atoms with Crippen LogP contribution in [-0.4, -0.2) is 95.6 Å². The minimum absolute atomic E-state index is 0.109. The second kappa shape index (κ2) is 29.2. The smallest absolute Gasteiger partial charge is 0.262 e. The van der Waals surface area contributed by atoms with Gasteiger partial charge in [-0.15, -0.1) is 22.7 Å². The van der Waals surface area contributed by atoms with Crippen LogP contribution in [0.5, 0.6) is 0 Å². The van der Waals surface area contributed by atoms with E-state index in [1.807, 2.05) is 31.2 Å². The maximum atomic E-state index is 15.5. The Balaban J connectivity index is 1.13. The summed E-state index contributed by atoms with van der Waals surface area (Å²) in [4.78, 5) is 72.9. The lowest BCUT2D eigenvalue weighted by molar-refractivity contribution is 0.0587. The second-order valence-electron chi connectivity index (χ2n) is 24.4. The molecule has 6 aromatic rings. The van der Waals surface area contributed by atoms with Gasteiger partial charge in [-0.05, 0) is 162 Å². The summed E-state index contributed by atoms with van der Waals surface area (Å²) in [6, 6.07) is 26.5. The minimum atomic E-state index is -0.349. The molecule has 10 heteroatoms. The molecule has 0 N–H and O–H groups in total. The zero-order valence-electron chi connectivity index (χ0n) is 51.9. The summed E-state index contributed by atoms with van der Waals surface area (Å²) in [5.74, 6) is -1.38. The number of benzene rings is 4. The topological polar surface area (TPSA) is 81.2 Å². The van der Waals surface area contributed by atoms with Crippen LogP contribution in [0, 0.1) is 13.8 Å². The highest BCUT2D eigenvalue weighted by molar-refractivity contribution is 7.19. The second-order valence-corrected chi connectivity index (χ2v) is 26.7. The number of imide groups is 2. The molecule has 4 heterocycles. The highest BCUT2D eigenvalue weighted by Gasteiger charge is 2.45. The van der Waals surface area contributed by atoms with E-state index in [0.29, 0.717) is 63.7 Å². The Morgan fingerprint density at radius 1 is 0.398 bits per heavy atom. The molecule has 0 saturated carbocycles. The van der Waals surface area contributed by atoms with Crippen molar-refractivity contribution in [2.75, 3.05) is 52.4 Å². The quantitative estimate of drug-likeness (QED) is 0.0291. The van der Waals surface area contributed by atoms with Crippen molar-refractivity contribution >= 4 is 57.1 Å². The first-order valence-electron chi connectivity index (χ1n) is 32.7. The van der Waals surface area contributed by atoms with Gasteiger partial charge in [0.1, 0.15) is 0 Å². The Morgan fingerprint density at radius 3 is 1.33 bits per heavy atom. The van der Waals surface area contributed by atoms with Gasteiger partial charge >= 0.3 is 0 Å². The van der Waals surface area contributed by atoms with E-state index in [0.717, 1.165) is 122 Å². The predicted octanol–water partition coefficient (Wildman–Crippen LogP) is 19.3. The van der Waals surface area contributed by atoms with Crippen molar-refractivity contribution in [3.8, 4) is 42.4 Å². The van der Waals surface area contributed by atoms with Gasteiger partial charge in [-0.2, -0.15) is 0 Å². The molecule has 0 bridgehead atoms. The van der Waals surface area contributed by atoms with Crippen molar-refractivity contribution in [1.29, 1.82) is 0 Å². The average molecular weight is 1160 g/mol. The standard InChI is InChI=1S/C73H96N4O4S2/c1-9-15-17-19-23-31-45-76-70(79)59-50-57(68-66-58(69(78)77(72(68)81)46-32-24-20-18-16-10-2)49-56(63-38-34-52(8)82-63)67(65(59)66)71(76)80)64-40-39-62(83-64)53-35-37-55-54-36-33-51(7)47-60(54)73(61(55)48-53,41-27-21-25-29-43-74(11-3)12-4)42-28-22-26-30-44-75(13-5)14-6/h33-40,47-50H,9-32,41-46H2,1-8H3. The van der Waals surface area contributed by atoms with Gasteiger partial charge in [0.05, 0.1) is 11.1 Å². The summed E-state index contributed by atoms with van der Waals surface area (Å²) in [6.07, 6.45) is 24.3. The van der Waals surface area contributed by atoms with Gasteiger partial charge < -0.3 is 9.80 Å². The van der Waals surface area contributed by atoms with Crippen LogP contribution < -0.4 is 0 Å². The van der Waals surface area contributed by atoms with Crippen molar-refractivity contribution in [3.05, 3.63) is 117 Å². The van der Waals surface area contributed by atoms with E-state index >= 15 is 19.2 Å². The molecule has 3 aliphatic rings. The van der Waals surface area contributed by atoms with Crippen LogP contribution >= 0.6 is 22.7 Å². The molecule has 2 aliphatic heterocycles. The average Bonchev–Trinajstić information content (AvgIpc) is 3.79. The highest BCUT2D eigenvalue weighted by atomic mass is 32.1. The third-order valence-electron chi connectivity index (χ3n) is 18.9. The first-order valence-corrected chi connectivity index (χ1v) is 34.3. The third-order valence-corrected chi connectivity index (χ3v) is 21.1. The van der Waals surface area contributed by atoms with Crippen LogP contribution in [0.4, 0.5) is 0 Å². The van der Waals surface area contributed by atoms with Crippen LogP contribution in [0.15, 0.2) is 72.8 Å². The fourth-order valence-electron chi connectivity index (χ4n) is 14.0. The fraction of sp³-hybridized carbons (Fsp3) is 0.534. The van der Waals surface area contributed by atoms with Crippen molar-refractivity contribution in [2.24, 2.45) is 0 Å². The molecule has 4 aromatic carbocycles. The number of hydrogen-bond donors (Lipinski definition) is 0. The van der Waals surface area contributed by atoms with Crippen LogP contribution in [0.3, 0.4) is 0 Å². The Morgan fingerprint density at radius 2 is 0.831 bits per heavy atom. The summed E-state index contributed by atoms with van der Waals surface area (Å²) >= 11 is 3.24. The normalized spacial score (nSPS) is 14.4. The molecule has 444 valence electrons. The van der Waals surface area contributed by atoms with Crippen LogP contribution in [0.1, 0.15) is 246 Å². The summed E-state index contributed by atoms with van der Waals surface area (Å²) < 4.78 is 0. The Bertz CT molecular complexity index is 3210. The minimum Gasteiger partial charge on any atom is -0.304 e. The molecule has 83 heavy (non-hydrogen) atoms. The van der Waals surface area contributed by atoms with E-state index in [1.165, 1.54) is 115 Å². The zero-order chi connectivity index (χ0) is 58.6. The van der Waals surface area contributed by atoms with Crippen molar-refractivity contribution in [2.45, 2.75) is 202 Å². The van der Waals surface area contributed by atoms with E-state index in [1.54, 1.807) is 22.7 Å². The summed E-state index contributed by atoms with van der Waals surface area (Å²) in [6.45, 7) is 25.2. The molecular weight excluding hydrogens is 1060 g/mol. The summed E-state index contributed by atoms with van der Waals surface area (Å²) in [5, 5.41) is 0.901. The van der Waals surface area contributed by atoms with Gasteiger partial charge in [-0.3, -0.25) is 29.0 Å². The first kappa shape index (κ1) is 62.3. The number of amides is 4. The fourth-order valence-corrected chi connectivity index (χ4v) is 15.9. The van der Waals surface area contributed by atoms with E-state index in [-0.39, 0.29) is 29.0 Å². The number of fused-ring (bicyclic) bond motifs is 3. The van der Waals surface area contributed by atoms with Gasteiger partial charge in [-0.1, -0.05) is 180 Å².